The van der Waals surface area contributed by atoms with Crippen molar-refractivity contribution in [2.24, 2.45) is 0 Å². The van der Waals surface area contributed by atoms with Gasteiger partial charge in [-0.2, -0.15) is 13.2 Å². The first-order chi connectivity index (χ1) is 11.2. The van der Waals surface area contributed by atoms with E-state index in [4.69, 9.17) is 23.2 Å². The van der Waals surface area contributed by atoms with Gasteiger partial charge in [-0.3, -0.25) is 0 Å². The molecular weight excluding hydrogens is 358 g/mol. The van der Waals surface area contributed by atoms with Crippen LogP contribution in [0.1, 0.15) is 17.5 Å². The first-order valence-electron chi connectivity index (χ1n) is 7.57. The Labute approximate surface area is 149 Å². The lowest BCUT2D eigenvalue weighted by Gasteiger charge is -2.33. The molecule has 2 aromatic carbocycles. The Morgan fingerprint density at radius 1 is 1.04 bits per heavy atom. The summed E-state index contributed by atoms with van der Waals surface area (Å²) in [5, 5.41) is 0.436. The van der Waals surface area contributed by atoms with Gasteiger partial charge in [0.05, 0.1) is 0 Å². The number of para-hydroxylation sites is 1. The van der Waals surface area contributed by atoms with E-state index in [-0.39, 0.29) is 28.6 Å². The highest BCUT2D eigenvalue weighted by molar-refractivity contribution is 6.34. The predicted molar refractivity (Wildman–Crippen MR) is 92.2 cm³/mol. The van der Waals surface area contributed by atoms with Crippen LogP contribution in [0.15, 0.2) is 42.5 Å². The highest BCUT2D eigenvalue weighted by Crippen LogP contribution is 2.49. The van der Waals surface area contributed by atoms with Crippen molar-refractivity contribution in [3.8, 4) is 0 Å². The van der Waals surface area contributed by atoms with E-state index in [1.165, 1.54) is 18.2 Å². The molecule has 24 heavy (non-hydrogen) atoms. The van der Waals surface area contributed by atoms with Crippen LogP contribution < -0.4 is 4.90 Å². The molecule has 3 rings (SSSR count). The molecule has 1 aliphatic heterocycles. The molecule has 1 saturated heterocycles. The van der Waals surface area contributed by atoms with Crippen LogP contribution in [0.3, 0.4) is 0 Å². The molecule has 0 amide bonds. The summed E-state index contributed by atoms with van der Waals surface area (Å²) < 4.78 is 42.1. The smallest absolute Gasteiger partial charge is 0.370 e. The second-order valence-corrected chi connectivity index (χ2v) is 7.07. The van der Waals surface area contributed by atoms with Crippen molar-refractivity contribution in [1.82, 2.24) is 0 Å². The van der Waals surface area contributed by atoms with E-state index in [9.17, 15) is 13.2 Å². The fraction of sp³-hybridized carbons (Fsp3) is 0.333. The van der Waals surface area contributed by atoms with Gasteiger partial charge in [0.25, 0.3) is 0 Å². The molecule has 128 valence electrons. The van der Waals surface area contributed by atoms with Crippen LogP contribution in [0.2, 0.25) is 10.0 Å². The maximum atomic E-state index is 14.0. The third kappa shape index (κ3) is 2.98. The molecule has 0 N–H and O–H groups in total. The van der Waals surface area contributed by atoms with Crippen molar-refractivity contribution >= 4 is 28.9 Å². The molecule has 0 bridgehead atoms. The zero-order valence-electron chi connectivity index (χ0n) is 13.0. The fourth-order valence-corrected chi connectivity index (χ4v) is 3.92. The van der Waals surface area contributed by atoms with Crippen LogP contribution in [-0.4, -0.2) is 19.3 Å². The van der Waals surface area contributed by atoms with Crippen LogP contribution in [-0.2, 0) is 5.41 Å². The average Bonchev–Trinajstić information content (AvgIpc) is 2.93. The summed E-state index contributed by atoms with van der Waals surface area (Å²) in [5.74, 6) is 0. The number of hydrogen-bond donors (Lipinski definition) is 0. The minimum Gasteiger partial charge on any atom is -0.370 e. The van der Waals surface area contributed by atoms with Crippen LogP contribution in [0.4, 0.5) is 18.9 Å². The maximum absolute atomic E-state index is 14.0. The summed E-state index contributed by atoms with van der Waals surface area (Å²) in [7, 11) is 0. The van der Waals surface area contributed by atoms with Gasteiger partial charge in [0.2, 0.25) is 0 Å². The molecule has 1 unspecified atom stereocenters. The second-order valence-electron chi connectivity index (χ2n) is 6.20. The van der Waals surface area contributed by atoms with E-state index < -0.39 is 11.6 Å². The predicted octanol–water partition coefficient (Wildman–Crippen LogP) is 6.01. The molecule has 0 saturated carbocycles. The highest BCUT2D eigenvalue weighted by atomic mass is 35.5. The van der Waals surface area contributed by atoms with Gasteiger partial charge in [-0.05, 0) is 48.7 Å². The lowest BCUT2D eigenvalue weighted by Crippen LogP contribution is -2.45. The monoisotopic (exact) mass is 373 g/mol. The Morgan fingerprint density at radius 3 is 2.25 bits per heavy atom. The van der Waals surface area contributed by atoms with Crippen molar-refractivity contribution in [1.29, 1.82) is 0 Å². The molecule has 1 heterocycles. The Hall–Kier alpha value is -1.39. The summed E-state index contributed by atoms with van der Waals surface area (Å²) in [6.45, 7) is 2.09. The Morgan fingerprint density at radius 2 is 1.67 bits per heavy atom. The number of nitrogens with zero attached hydrogens (tertiary/aromatic N) is 1. The molecule has 0 aliphatic carbocycles. The molecule has 1 fully saturated rings. The highest BCUT2D eigenvalue weighted by Gasteiger charge is 2.59. The lowest BCUT2D eigenvalue weighted by atomic mass is 9.79. The SMILES string of the molecule is Cc1ccccc1N1CCC(c2cc(Cl)cc(Cl)c2)(C(F)(F)F)C1. The van der Waals surface area contributed by atoms with Gasteiger partial charge in [0.15, 0.2) is 0 Å². The van der Waals surface area contributed by atoms with Crippen molar-refractivity contribution in [2.45, 2.75) is 24.9 Å². The summed E-state index contributed by atoms with van der Waals surface area (Å²) >= 11 is 11.9. The molecule has 2 aromatic rings. The van der Waals surface area contributed by atoms with Gasteiger partial charge in [0.1, 0.15) is 5.41 Å². The number of hydrogen-bond acceptors (Lipinski definition) is 1. The number of anilines is 1. The number of aryl methyl sites for hydroxylation is 1. The van der Waals surface area contributed by atoms with Crippen LogP contribution in [0.25, 0.3) is 0 Å². The fourth-order valence-electron chi connectivity index (χ4n) is 3.39. The van der Waals surface area contributed by atoms with Crippen molar-refractivity contribution in [3.63, 3.8) is 0 Å². The van der Waals surface area contributed by atoms with E-state index >= 15 is 0 Å². The summed E-state index contributed by atoms with van der Waals surface area (Å²) in [4.78, 5) is 1.79. The van der Waals surface area contributed by atoms with Crippen molar-refractivity contribution in [2.75, 3.05) is 18.0 Å². The van der Waals surface area contributed by atoms with E-state index in [0.29, 0.717) is 6.54 Å². The Bertz CT molecular complexity index is 740. The van der Waals surface area contributed by atoms with Crippen molar-refractivity contribution < 1.29 is 13.2 Å². The average molecular weight is 374 g/mol. The molecular formula is C18H16Cl2F3N. The third-order valence-corrected chi connectivity index (χ3v) is 5.12. The standard InChI is InChI=1S/C18H16Cl2F3N/c1-12-4-2-3-5-16(12)24-7-6-17(11-24,18(21,22)23)13-8-14(19)10-15(20)9-13/h2-5,8-10H,6-7,11H2,1H3. The first-order valence-corrected chi connectivity index (χ1v) is 8.32. The largest absolute Gasteiger partial charge is 0.400 e. The van der Waals surface area contributed by atoms with E-state index in [2.05, 4.69) is 0 Å². The van der Waals surface area contributed by atoms with E-state index in [1.807, 2.05) is 31.2 Å². The number of rotatable bonds is 2. The molecule has 0 radical (unpaired) electrons. The number of benzene rings is 2. The van der Waals surface area contributed by atoms with Gasteiger partial charge in [-0.15, -0.1) is 0 Å². The number of alkyl halides is 3. The second kappa shape index (κ2) is 6.16. The Balaban J connectivity index is 2.05. The summed E-state index contributed by atoms with van der Waals surface area (Å²) in [6.07, 6.45) is -4.42. The molecule has 1 atom stereocenters. The van der Waals surface area contributed by atoms with Gasteiger partial charge in [-0.1, -0.05) is 41.4 Å². The summed E-state index contributed by atoms with van der Waals surface area (Å²) in [5.41, 5.74) is -0.0518. The topological polar surface area (TPSA) is 3.24 Å². The molecule has 1 nitrogen and oxygen atoms in total. The van der Waals surface area contributed by atoms with E-state index in [0.717, 1.165) is 11.3 Å². The third-order valence-electron chi connectivity index (χ3n) is 4.68. The summed E-state index contributed by atoms with van der Waals surface area (Å²) in [6, 6.07) is 11.7. The molecule has 0 aromatic heterocycles. The van der Waals surface area contributed by atoms with Crippen LogP contribution >= 0.6 is 23.2 Å². The zero-order valence-corrected chi connectivity index (χ0v) is 14.5. The first kappa shape index (κ1) is 17.4. The normalized spacial score (nSPS) is 21.3. The van der Waals surface area contributed by atoms with Crippen LogP contribution in [0, 0.1) is 6.92 Å². The molecule has 6 heteroatoms. The zero-order chi connectivity index (χ0) is 17.5. The van der Waals surface area contributed by atoms with Crippen LogP contribution in [0.5, 0.6) is 0 Å². The van der Waals surface area contributed by atoms with Gasteiger partial charge >= 0.3 is 6.18 Å². The van der Waals surface area contributed by atoms with Gasteiger partial charge in [0, 0.05) is 28.8 Å². The minimum atomic E-state index is -4.39. The lowest BCUT2D eigenvalue weighted by molar-refractivity contribution is -0.184. The maximum Gasteiger partial charge on any atom is 0.400 e. The van der Waals surface area contributed by atoms with Crippen molar-refractivity contribution in [3.05, 3.63) is 63.6 Å². The van der Waals surface area contributed by atoms with Gasteiger partial charge < -0.3 is 4.90 Å². The quantitative estimate of drug-likeness (QED) is 0.622. The molecule has 1 aliphatic rings. The van der Waals surface area contributed by atoms with Gasteiger partial charge in [-0.25, -0.2) is 0 Å². The Kier molecular flexibility index (Phi) is 4.47. The van der Waals surface area contributed by atoms with E-state index in [1.54, 1.807) is 4.90 Å². The molecule has 0 spiro atoms. The minimum absolute atomic E-state index is 0.0263. The number of halogens is 5.